The van der Waals surface area contributed by atoms with Crippen LogP contribution in [0.15, 0.2) is 48.5 Å². The second-order valence-corrected chi connectivity index (χ2v) is 12.5. The summed E-state index contributed by atoms with van der Waals surface area (Å²) in [7, 11) is 0. The van der Waals surface area contributed by atoms with Crippen LogP contribution in [0.3, 0.4) is 0 Å². The smallest absolute Gasteiger partial charge is 0.379 e. The van der Waals surface area contributed by atoms with Crippen LogP contribution in [0.1, 0.15) is 45.2 Å². The van der Waals surface area contributed by atoms with Crippen LogP contribution in [0, 0.1) is 6.92 Å². The van der Waals surface area contributed by atoms with Gasteiger partial charge >= 0.3 is 6.18 Å². The number of hydrogen-bond donors (Lipinski definition) is 2. The Morgan fingerprint density at radius 1 is 1.04 bits per heavy atom. The molecule has 1 spiro atoms. The van der Waals surface area contributed by atoms with Crippen LogP contribution in [-0.4, -0.2) is 90.8 Å². The number of morpholine rings is 1. The van der Waals surface area contributed by atoms with Crippen LogP contribution in [0.2, 0.25) is 5.02 Å². The van der Waals surface area contributed by atoms with E-state index in [-0.39, 0.29) is 36.7 Å². The zero-order valence-corrected chi connectivity index (χ0v) is 25.5. The minimum atomic E-state index is -4.62. The second kappa shape index (κ2) is 11.3. The van der Waals surface area contributed by atoms with E-state index in [1.165, 1.54) is 4.90 Å². The molecule has 2 fully saturated rings. The van der Waals surface area contributed by atoms with Gasteiger partial charge < -0.3 is 19.9 Å². The molecule has 2 unspecified atom stereocenters. The van der Waals surface area contributed by atoms with Gasteiger partial charge in [-0.3, -0.25) is 19.4 Å². The summed E-state index contributed by atoms with van der Waals surface area (Å²) in [6.07, 6.45) is -2.85. The predicted octanol–water partition coefficient (Wildman–Crippen LogP) is 5.36. The average Bonchev–Trinajstić information content (AvgIpc) is 3.69. The number of aromatic nitrogens is 1. The highest BCUT2D eigenvalue weighted by molar-refractivity contribution is 6.38. The van der Waals surface area contributed by atoms with E-state index in [0.29, 0.717) is 78.2 Å². The highest BCUT2D eigenvalue weighted by atomic mass is 35.5. The number of fused-ring (bicyclic) bond motifs is 2. The van der Waals surface area contributed by atoms with Gasteiger partial charge in [0, 0.05) is 60.4 Å². The molecule has 2 N–H and O–H groups in total. The lowest BCUT2D eigenvalue weighted by molar-refractivity contribution is -0.180. The number of ether oxygens (including phenoxy) is 1. The number of hydrogen-bond acceptors (Lipinski definition) is 5. The van der Waals surface area contributed by atoms with Crippen molar-refractivity contribution in [2.24, 2.45) is 0 Å². The number of carbonyl (C=O) groups excluding carboxylic acids is 2. The number of amides is 2. The van der Waals surface area contributed by atoms with Crippen molar-refractivity contribution in [3.8, 4) is 0 Å². The molecule has 7 rings (SSSR count). The number of halogens is 4. The SMILES string of the molecule is Cc1c(/C=C2\C(=O)N(c3ccc(Cl)cc3)c3ccccc32)[nH]c2c1C(=O)N(CCN1CCOCC1)C1(CCNC1)C2C(F)(F)F. The van der Waals surface area contributed by atoms with Gasteiger partial charge in [0.05, 0.1) is 35.6 Å². The number of rotatable bonds is 5. The molecule has 236 valence electrons. The summed E-state index contributed by atoms with van der Waals surface area (Å²) in [5.41, 5.74) is 1.39. The first-order chi connectivity index (χ1) is 21.6. The number of nitrogens with one attached hydrogen (secondary N) is 2. The van der Waals surface area contributed by atoms with E-state index in [2.05, 4.69) is 15.2 Å². The van der Waals surface area contributed by atoms with E-state index in [4.69, 9.17) is 16.3 Å². The Balaban J connectivity index is 1.32. The molecule has 2 amide bonds. The fourth-order valence-corrected chi connectivity index (χ4v) is 7.57. The highest BCUT2D eigenvalue weighted by Gasteiger charge is 2.63. The molecule has 5 heterocycles. The van der Waals surface area contributed by atoms with Gasteiger partial charge in [-0.1, -0.05) is 29.8 Å². The first-order valence-electron chi connectivity index (χ1n) is 15.1. The number of H-pyrrole nitrogens is 1. The van der Waals surface area contributed by atoms with Gasteiger partial charge in [-0.15, -0.1) is 0 Å². The summed E-state index contributed by atoms with van der Waals surface area (Å²) in [4.78, 5) is 36.4. The van der Waals surface area contributed by atoms with E-state index in [1.807, 2.05) is 24.3 Å². The maximum Gasteiger partial charge on any atom is 0.399 e. The van der Waals surface area contributed by atoms with Crippen molar-refractivity contribution in [2.45, 2.75) is 31.0 Å². The molecule has 1 aromatic heterocycles. The molecular weight excluding hydrogens is 607 g/mol. The molecule has 0 aliphatic carbocycles. The van der Waals surface area contributed by atoms with E-state index in [1.54, 1.807) is 42.2 Å². The Labute approximate surface area is 263 Å². The second-order valence-electron chi connectivity index (χ2n) is 12.1. The van der Waals surface area contributed by atoms with Gasteiger partial charge in [0.2, 0.25) is 0 Å². The van der Waals surface area contributed by atoms with E-state index >= 15 is 13.2 Å². The molecule has 0 saturated carbocycles. The van der Waals surface area contributed by atoms with Gasteiger partial charge in [0.15, 0.2) is 0 Å². The van der Waals surface area contributed by atoms with Crippen LogP contribution in [0.4, 0.5) is 24.5 Å². The Morgan fingerprint density at radius 2 is 1.78 bits per heavy atom. The Hall–Kier alpha value is -3.64. The molecule has 2 atom stereocenters. The topological polar surface area (TPSA) is 80.9 Å². The summed E-state index contributed by atoms with van der Waals surface area (Å²) in [6, 6.07) is 14.1. The van der Waals surface area contributed by atoms with Crippen molar-refractivity contribution in [1.29, 1.82) is 0 Å². The number of carbonyl (C=O) groups is 2. The summed E-state index contributed by atoms with van der Waals surface area (Å²) in [5.74, 6) is -2.66. The molecule has 0 bridgehead atoms. The molecule has 4 aliphatic rings. The fourth-order valence-electron chi connectivity index (χ4n) is 7.44. The summed E-state index contributed by atoms with van der Waals surface area (Å²) in [5, 5.41) is 3.64. The first-order valence-corrected chi connectivity index (χ1v) is 15.5. The monoisotopic (exact) mass is 639 g/mol. The van der Waals surface area contributed by atoms with Crippen LogP contribution < -0.4 is 10.2 Å². The maximum atomic E-state index is 15.2. The molecule has 3 aromatic rings. The van der Waals surface area contributed by atoms with Crippen molar-refractivity contribution in [2.75, 3.05) is 57.4 Å². The maximum absolute atomic E-state index is 15.2. The number of nitrogens with zero attached hydrogens (tertiary/aromatic N) is 3. The highest BCUT2D eigenvalue weighted by Crippen LogP contribution is 2.53. The molecule has 12 heteroatoms. The lowest BCUT2D eigenvalue weighted by Gasteiger charge is -2.50. The first kappa shape index (κ1) is 30.0. The van der Waals surface area contributed by atoms with E-state index in [0.717, 1.165) is 0 Å². The van der Waals surface area contributed by atoms with Crippen molar-refractivity contribution in [1.82, 2.24) is 20.1 Å². The summed E-state index contributed by atoms with van der Waals surface area (Å²) in [6.45, 7) is 5.17. The van der Waals surface area contributed by atoms with Gasteiger partial charge in [-0.25, -0.2) is 0 Å². The number of para-hydroxylation sites is 1. The lowest BCUT2D eigenvalue weighted by atomic mass is 9.73. The molecular formula is C33H33ClF3N5O3. The van der Waals surface area contributed by atoms with Gasteiger partial charge in [0.25, 0.3) is 11.8 Å². The summed E-state index contributed by atoms with van der Waals surface area (Å²) >= 11 is 6.09. The van der Waals surface area contributed by atoms with Gasteiger partial charge in [-0.2, -0.15) is 13.2 Å². The standard InChI is InChI=1S/C33H33ClF3N5O3/c1-20-25(18-24-23-4-2-3-5-26(23)42(30(24)43)22-8-6-21(34)7-9-22)39-28-27(20)31(44)41(13-12-40-14-16-45-17-15-40)32(10-11-38-19-32)29(28)33(35,36)37/h2-9,18,29,38-39H,10-17,19H2,1H3/b24-18-. The Bertz CT molecular complexity index is 1670. The molecule has 8 nitrogen and oxygen atoms in total. The number of alkyl halides is 3. The molecule has 0 radical (unpaired) electrons. The zero-order valence-electron chi connectivity index (χ0n) is 24.7. The largest absolute Gasteiger partial charge is 0.399 e. The Morgan fingerprint density at radius 3 is 2.47 bits per heavy atom. The molecule has 2 saturated heterocycles. The van der Waals surface area contributed by atoms with Crippen molar-refractivity contribution in [3.05, 3.63) is 81.6 Å². The molecule has 4 aliphatic heterocycles. The van der Waals surface area contributed by atoms with Crippen LogP contribution in [0.5, 0.6) is 0 Å². The van der Waals surface area contributed by atoms with Gasteiger partial charge in [-0.05, 0) is 61.9 Å². The zero-order chi connectivity index (χ0) is 31.5. The third kappa shape index (κ3) is 4.97. The van der Waals surface area contributed by atoms with Gasteiger partial charge in [0.1, 0.15) is 5.92 Å². The minimum Gasteiger partial charge on any atom is -0.379 e. The molecule has 2 aromatic carbocycles. The number of benzene rings is 2. The van der Waals surface area contributed by atoms with E-state index in [9.17, 15) is 9.59 Å². The molecule has 45 heavy (non-hydrogen) atoms. The average molecular weight is 640 g/mol. The third-order valence-electron chi connectivity index (χ3n) is 9.62. The van der Waals surface area contributed by atoms with Crippen LogP contribution in [-0.2, 0) is 9.53 Å². The van der Waals surface area contributed by atoms with Crippen molar-refractivity contribution < 1.29 is 27.5 Å². The van der Waals surface area contributed by atoms with Crippen LogP contribution >= 0.6 is 11.6 Å². The number of anilines is 2. The third-order valence-corrected chi connectivity index (χ3v) is 9.87. The van der Waals surface area contributed by atoms with Crippen molar-refractivity contribution in [3.63, 3.8) is 0 Å². The summed E-state index contributed by atoms with van der Waals surface area (Å²) < 4.78 is 51.0. The van der Waals surface area contributed by atoms with E-state index < -0.39 is 23.5 Å². The van der Waals surface area contributed by atoms with Crippen molar-refractivity contribution >= 4 is 46.4 Å². The lowest BCUT2D eigenvalue weighted by Crippen LogP contribution is -2.64. The quantitative estimate of drug-likeness (QED) is 0.368. The fraction of sp³-hybridized carbons (Fsp3) is 0.394. The minimum absolute atomic E-state index is 0.0389. The predicted molar refractivity (Wildman–Crippen MR) is 166 cm³/mol. The Kier molecular flexibility index (Phi) is 7.55. The van der Waals surface area contributed by atoms with Crippen LogP contribution in [0.25, 0.3) is 11.6 Å². The number of aromatic amines is 1. The normalized spacial score (nSPS) is 24.6.